The summed E-state index contributed by atoms with van der Waals surface area (Å²) in [5.41, 5.74) is -0.813. The Morgan fingerprint density at radius 3 is 2.67 bits per heavy atom. The van der Waals surface area contributed by atoms with Gasteiger partial charge in [-0.3, -0.25) is 9.59 Å². The molecule has 2 rings (SSSR count). The van der Waals surface area contributed by atoms with E-state index in [0.29, 0.717) is 25.3 Å². The molecule has 0 saturated carbocycles. The number of aromatic nitrogens is 1. The van der Waals surface area contributed by atoms with Crippen molar-refractivity contribution in [3.8, 4) is 0 Å². The van der Waals surface area contributed by atoms with Crippen LogP contribution < -0.4 is 10.6 Å². The third-order valence-electron chi connectivity index (χ3n) is 3.78. The molecule has 1 atom stereocenters. The molecule has 1 aliphatic heterocycles. The van der Waals surface area contributed by atoms with Gasteiger partial charge in [-0.1, -0.05) is 0 Å². The van der Waals surface area contributed by atoms with Crippen molar-refractivity contribution in [3.05, 3.63) is 23.9 Å². The van der Waals surface area contributed by atoms with Crippen LogP contribution in [0.3, 0.4) is 0 Å². The van der Waals surface area contributed by atoms with Gasteiger partial charge in [-0.05, 0) is 25.0 Å². The molecule has 1 aliphatic rings. The molecule has 9 heteroatoms. The van der Waals surface area contributed by atoms with Crippen molar-refractivity contribution in [2.24, 2.45) is 0 Å². The Balaban J connectivity index is 1.75. The maximum absolute atomic E-state index is 12.4. The number of nitrogens with zero attached hydrogens (tertiary/aromatic N) is 2. The third kappa shape index (κ3) is 4.59. The molecule has 1 unspecified atom stereocenters. The van der Waals surface area contributed by atoms with Gasteiger partial charge < -0.3 is 15.5 Å². The summed E-state index contributed by atoms with van der Waals surface area (Å²) in [6.07, 6.45) is -2.22. The zero-order valence-corrected chi connectivity index (χ0v) is 13.2. The van der Waals surface area contributed by atoms with E-state index in [2.05, 4.69) is 15.6 Å². The first-order valence-corrected chi connectivity index (χ1v) is 7.61. The van der Waals surface area contributed by atoms with Gasteiger partial charge in [0.05, 0.1) is 5.56 Å². The van der Waals surface area contributed by atoms with Crippen molar-refractivity contribution in [3.63, 3.8) is 0 Å². The quantitative estimate of drug-likeness (QED) is 0.797. The molecular weight excluding hydrogens is 325 g/mol. The van der Waals surface area contributed by atoms with E-state index in [4.69, 9.17) is 0 Å². The molecule has 1 fully saturated rings. The maximum Gasteiger partial charge on any atom is 0.417 e. The highest BCUT2D eigenvalue weighted by atomic mass is 19.4. The van der Waals surface area contributed by atoms with E-state index in [1.54, 1.807) is 4.90 Å². The molecule has 0 aliphatic carbocycles. The fourth-order valence-corrected chi connectivity index (χ4v) is 2.58. The van der Waals surface area contributed by atoms with Crippen molar-refractivity contribution >= 4 is 17.6 Å². The van der Waals surface area contributed by atoms with Crippen LogP contribution >= 0.6 is 0 Å². The summed E-state index contributed by atoms with van der Waals surface area (Å²) >= 11 is 0. The highest BCUT2D eigenvalue weighted by Gasteiger charge is 2.32. The number of anilines is 1. The van der Waals surface area contributed by atoms with Gasteiger partial charge in [0.2, 0.25) is 11.8 Å². The van der Waals surface area contributed by atoms with E-state index in [9.17, 15) is 22.8 Å². The minimum atomic E-state index is -4.41. The number of hydrogen-bond acceptors (Lipinski definition) is 4. The smallest absolute Gasteiger partial charge is 0.368 e. The second-order valence-corrected chi connectivity index (χ2v) is 5.52. The number of alkyl halides is 3. The number of carbonyl (C=O) groups excluding carboxylic acids is 2. The molecule has 2 heterocycles. The second-order valence-electron chi connectivity index (χ2n) is 5.52. The summed E-state index contributed by atoms with van der Waals surface area (Å²) in [7, 11) is 0. The van der Waals surface area contributed by atoms with E-state index in [1.165, 1.54) is 13.0 Å². The van der Waals surface area contributed by atoms with Crippen LogP contribution in [-0.4, -0.2) is 47.4 Å². The van der Waals surface area contributed by atoms with Gasteiger partial charge in [0.15, 0.2) is 0 Å². The molecule has 1 saturated heterocycles. The minimum Gasteiger partial charge on any atom is -0.368 e. The minimum absolute atomic E-state index is 0.125. The van der Waals surface area contributed by atoms with Gasteiger partial charge in [0.25, 0.3) is 0 Å². The van der Waals surface area contributed by atoms with E-state index in [-0.39, 0.29) is 18.4 Å². The monoisotopic (exact) mass is 344 g/mol. The average molecular weight is 344 g/mol. The number of hydrogen-bond donors (Lipinski definition) is 2. The molecular formula is C15H19F3N4O2. The van der Waals surface area contributed by atoms with Crippen LogP contribution in [0.25, 0.3) is 0 Å². The maximum atomic E-state index is 12.4. The first-order chi connectivity index (χ1) is 11.3. The summed E-state index contributed by atoms with van der Waals surface area (Å²) < 4.78 is 37.2. The largest absolute Gasteiger partial charge is 0.417 e. The average Bonchev–Trinajstić information content (AvgIpc) is 3.01. The number of rotatable bonds is 5. The van der Waals surface area contributed by atoms with Gasteiger partial charge in [0, 0.05) is 32.8 Å². The van der Waals surface area contributed by atoms with Crippen LogP contribution in [0.2, 0.25) is 0 Å². The van der Waals surface area contributed by atoms with Crippen LogP contribution in [0.15, 0.2) is 18.3 Å². The Bertz CT molecular complexity index is 589. The first kappa shape index (κ1) is 18.0. The number of halogens is 3. The van der Waals surface area contributed by atoms with Gasteiger partial charge >= 0.3 is 6.18 Å². The number of likely N-dealkylation sites (tertiary alicyclic amines) is 1. The molecule has 24 heavy (non-hydrogen) atoms. The number of pyridine rings is 1. The lowest BCUT2D eigenvalue weighted by atomic mass is 10.2. The number of amides is 2. The lowest BCUT2D eigenvalue weighted by Crippen LogP contribution is -2.46. The van der Waals surface area contributed by atoms with Gasteiger partial charge in [-0.2, -0.15) is 13.2 Å². The Morgan fingerprint density at radius 1 is 1.33 bits per heavy atom. The molecule has 1 aromatic heterocycles. The zero-order valence-electron chi connectivity index (χ0n) is 13.2. The lowest BCUT2D eigenvalue weighted by Gasteiger charge is -2.22. The van der Waals surface area contributed by atoms with E-state index < -0.39 is 17.8 Å². The van der Waals surface area contributed by atoms with E-state index in [0.717, 1.165) is 18.7 Å². The molecule has 2 N–H and O–H groups in total. The highest BCUT2D eigenvalue weighted by Crippen LogP contribution is 2.28. The normalized spacial score (nSPS) is 17.7. The molecule has 2 amide bonds. The third-order valence-corrected chi connectivity index (χ3v) is 3.78. The molecule has 132 valence electrons. The zero-order chi connectivity index (χ0) is 17.7. The molecule has 1 aromatic rings. The van der Waals surface area contributed by atoms with E-state index >= 15 is 0 Å². The fourth-order valence-electron chi connectivity index (χ4n) is 2.58. The molecule has 0 aromatic carbocycles. The van der Waals surface area contributed by atoms with Crippen LogP contribution in [0.1, 0.15) is 25.3 Å². The molecule has 6 nitrogen and oxygen atoms in total. The second kappa shape index (κ2) is 7.50. The Hall–Kier alpha value is -2.32. The molecule has 0 spiro atoms. The van der Waals surface area contributed by atoms with Gasteiger partial charge in [-0.25, -0.2) is 4.98 Å². The molecule has 0 bridgehead atoms. The summed E-state index contributed by atoms with van der Waals surface area (Å²) in [5, 5.41) is 5.54. The van der Waals surface area contributed by atoms with Crippen molar-refractivity contribution in [1.29, 1.82) is 0 Å². The molecule has 0 radical (unpaired) electrons. The standard InChI is InChI=1S/C15H19F3N4O2/c1-10(23)22-8-2-3-12(22)14(24)20-7-6-19-13-5-4-11(9-21-13)15(16,17)18/h4-5,9,12H,2-3,6-8H2,1H3,(H,19,21)(H,20,24). The number of carbonyl (C=O) groups is 2. The Morgan fingerprint density at radius 2 is 2.08 bits per heavy atom. The first-order valence-electron chi connectivity index (χ1n) is 7.61. The summed E-state index contributed by atoms with van der Waals surface area (Å²) in [5.74, 6) is -0.0481. The van der Waals surface area contributed by atoms with Crippen LogP contribution in [0.5, 0.6) is 0 Å². The SMILES string of the molecule is CC(=O)N1CCCC1C(=O)NCCNc1ccc(C(F)(F)F)cn1. The summed E-state index contributed by atoms with van der Waals surface area (Å²) in [4.78, 5) is 28.7. The lowest BCUT2D eigenvalue weighted by molar-refractivity contribution is -0.137. The van der Waals surface area contributed by atoms with E-state index in [1.807, 2.05) is 0 Å². The van der Waals surface area contributed by atoms with Gasteiger partial charge in [0.1, 0.15) is 11.9 Å². The van der Waals surface area contributed by atoms with Crippen LogP contribution in [0, 0.1) is 0 Å². The predicted octanol–water partition coefficient (Wildman–Crippen LogP) is 1.64. The Kier molecular flexibility index (Phi) is 5.63. The van der Waals surface area contributed by atoms with Crippen LogP contribution in [0.4, 0.5) is 19.0 Å². The van der Waals surface area contributed by atoms with Crippen LogP contribution in [-0.2, 0) is 15.8 Å². The topological polar surface area (TPSA) is 74.3 Å². The fraction of sp³-hybridized carbons (Fsp3) is 0.533. The van der Waals surface area contributed by atoms with Gasteiger partial charge in [-0.15, -0.1) is 0 Å². The highest BCUT2D eigenvalue weighted by molar-refractivity contribution is 5.87. The van der Waals surface area contributed by atoms with Crippen molar-refractivity contribution in [1.82, 2.24) is 15.2 Å². The number of nitrogens with one attached hydrogen (secondary N) is 2. The van der Waals surface area contributed by atoms with Crippen molar-refractivity contribution < 1.29 is 22.8 Å². The Labute approximate surface area is 137 Å². The van der Waals surface area contributed by atoms with Crippen molar-refractivity contribution in [2.45, 2.75) is 32.0 Å². The predicted molar refractivity (Wildman–Crippen MR) is 81.1 cm³/mol. The van der Waals surface area contributed by atoms with Crippen molar-refractivity contribution in [2.75, 3.05) is 25.0 Å². The summed E-state index contributed by atoms with van der Waals surface area (Å²) in [6, 6.07) is 1.74. The summed E-state index contributed by atoms with van der Waals surface area (Å²) in [6.45, 7) is 2.62.